The van der Waals surface area contributed by atoms with E-state index in [-0.39, 0.29) is 0 Å². The van der Waals surface area contributed by atoms with Gasteiger partial charge in [-0.05, 0) is 38.3 Å². The van der Waals surface area contributed by atoms with Crippen LogP contribution in [-0.4, -0.2) is 32.6 Å². The van der Waals surface area contributed by atoms with Crippen LogP contribution in [0.15, 0.2) is 18.2 Å². The smallest absolute Gasteiger partial charge is 0.335 e. The largest absolute Gasteiger partial charge is 0.478 e. The van der Waals surface area contributed by atoms with Crippen LogP contribution in [0.1, 0.15) is 29.1 Å². The van der Waals surface area contributed by atoms with Crippen molar-refractivity contribution in [1.29, 1.82) is 0 Å². The highest BCUT2D eigenvalue weighted by atomic mass is 32.2. The van der Waals surface area contributed by atoms with Gasteiger partial charge >= 0.3 is 5.97 Å². The molecule has 2 rings (SSSR count). The van der Waals surface area contributed by atoms with Crippen molar-refractivity contribution in [3.8, 4) is 0 Å². The van der Waals surface area contributed by atoms with Gasteiger partial charge in [0, 0.05) is 11.8 Å². The normalized spacial score (nSPS) is 12.8. The number of nitrogens with zero attached hydrogens (tertiary/aromatic N) is 2. The summed E-state index contributed by atoms with van der Waals surface area (Å²) in [5.41, 5.74) is 2.06. The number of carbonyl (C=O) groups is 1. The Kier molecular flexibility index (Phi) is 3.61. The molecule has 5 heteroatoms. The third-order valence-corrected chi connectivity index (χ3v) is 3.78. The van der Waals surface area contributed by atoms with E-state index in [0.29, 0.717) is 11.6 Å². The minimum Gasteiger partial charge on any atom is -0.478 e. The molecule has 4 nitrogen and oxygen atoms in total. The number of aryl methyl sites for hydroxylation is 1. The highest BCUT2D eigenvalue weighted by Crippen LogP contribution is 2.23. The third-order valence-electron chi connectivity index (χ3n) is 2.96. The van der Waals surface area contributed by atoms with Crippen molar-refractivity contribution in [2.24, 2.45) is 0 Å². The minimum atomic E-state index is -0.903. The van der Waals surface area contributed by atoms with Gasteiger partial charge in [0.1, 0.15) is 5.82 Å². The summed E-state index contributed by atoms with van der Waals surface area (Å²) in [5.74, 6) is 0.998. The van der Waals surface area contributed by atoms with E-state index in [2.05, 4.69) is 22.7 Å². The fraction of sp³-hybridized carbons (Fsp3) is 0.385. The van der Waals surface area contributed by atoms with E-state index in [0.717, 1.165) is 22.6 Å². The molecule has 1 heterocycles. The first-order valence-corrected chi connectivity index (χ1v) is 7.14. The van der Waals surface area contributed by atoms with E-state index < -0.39 is 5.97 Å². The number of aromatic carboxylic acids is 1. The van der Waals surface area contributed by atoms with Gasteiger partial charge in [-0.3, -0.25) is 0 Å². The van der Waals surface area contributed by atoms with Crippen LogP contribution in [0.4, 0.5) is 0 Å². The van der Waals surface area contributed by atoms with Gasteiger partial charge in [0.05, 0.1) is 16.6 Å². The molecule has 0 aliphatic carbocycles. The van der Waals surface area contributed by atoms with Crippen LogP contribution >= 0.6 is 11.8 Å². The Morgan fingerprint density at radius 2 is 2.28 bits per heavy atom. The summed E-state index contributed by atoms with van der Waals surface area (Å²) in [6, 6.07) is 5.37. The van der Waals surface area contributed by atoms with Crippen molar-refractivity contribution in [3.05, 3.63) is 29.6 Å². The molecule has 1 aromatic heterocycles. The summed E-state index contributed by atoms with van der Waals surface area (Å²) in [7, 11) is 0. The molecule has 0 spiro atoms. The topological polar surface area (TPSA) is 55.1 Å². The Balaban J connectivity index is 2.60. The first-order chi connectivity index (χ1) is 8.54. The average molecular weight is 264 g/mol. The Labute approximate surface area is 110 Å². The zero-order valence-electron chi connectivity index (χ0n) is 10.7. The number of benzene rings is 1. The quantitative estimate of drug-likeness (QED) is 0.922. The van der Waals surface area contributed by atoms with E-state index >= 15 is 0 Å². The monoisotopic (exact) mass is 264 g/mol. The highest BCUT2D eigenvalue weighted by molar-refractivity contribution is 7.98. The lowest BCUT2D eigenvalue weighted by Crippen LogP contribution is -2.09. The van der Waals surface area contributed by atoms with Gasteiger partial charge < -0.3 is 9.67 Å². The molecule has 1 N–H and O–H groups in total. The van der Waals surface area contributed by atoms with E-state index in [9.17, 15) is 4.79 Å². The highest BCUT2D eigenvalue weighted by Gasteiger charge is 2.14. The summed E-state index contributed by atoms with van der Waals surface area (Å²) < 4.78 is 2.11. The lowest BCUT2D eigenvalue weighted by molar-refractivity contribution is 0.0697. The SMILES string of the molecule is CSCC(C)n1c(C)nc2ccc(C(=O)O)cc21. The predicted octanol–water partition coefficient (Wildman–Crippen LogP) is 2.97. The number of imidazole rings is 1. The molecule has 96 valence electrons. The fourth-order valence-corrected chi connectivity index (χ4v) is 2.85. The Morgan fingerprint density at radius 3 is 2.89 bits per heavy atom. The van der Waals surface area contributed by atoms with Gasteiger partial charge in [0.25, 0.3) is 0 Å². The standard InChI is InChI=1S/C13H16N2O2S/c1-8(7-18-3)15-9(2)14-11-5-4-10(13(16)17)6-12(11)15/h4-6,8H,7H2,1-3H3,(H,16,17). The minimum absolute atomic E-state index is 0.300. The molecule has 1 atom stereocenters. The molecule has 0 aliphatic rings. The van der Waals surface area contributed by atoms with Crippen LogP contribution in [0.5, 0.6) is 0 Å². The second-order valence-electron chi connectivity index (χ2n) is 4.34. The number of aromatic nitrogens is 2. The van der Waals surface area contributed by atoms with Gasteiger partial charge in [-0.1, -0.05) is 0 Å². The van der Waals surface area contributed by atoms with Crippen molar-refractivity contribution >= 4 is 28.8 Å². The van der Waals surface area contributed by atoms with Crippen LogP contribution < -0.4 is 0 Å². The molecular weight excluding hydrogens is 248 g/mol. The van der Waals surface area contributed by atoms with Crippen LogP contribution in [0.25, 0.3) is 11.0 Å². The lowest BCUT2D eigenvalue weighted by atomic mass is 10.2. The Morgan fingerprint density at radius 1 is 1.56 bits per heavy atom. The Bertz CT molecular complexity index is 592. The molecule has 1 unspecified atom stereocenters. The van der Waals surface area contributed by atoms with Crippen molar-refractivity contribution in [3.63, 3.8) is 0 Å². The zero-order valence-corrected chi connectivity index (χ0v) is 11.5. The van der Waals surface area contributed by atoms with Crippen LogP contribution in [-0.2, 0) is 0 Å². The van der Waals surface area contributed by atoms with Gasteiger partial charge in [-0.15, -0.1) is 0 Å². The molecule has 0 saturated carbocycles. The number of carboxylic acid groups (broad SMARTS) is 1. The molecular formula is C13H16N2O2S. The molecule has 1 aromatic carbocycles. The third kappa shape index (κ3) is 2.22. The molecule has 0 fully saturated rings. The van der Waals surface area contributed by atoms with Crippen molar-refractivity contribution < 1.29 is 9.90 Å². The maximum atomic E-state index is 11.0. The van der Waals surface area contributed by atoms with Gasteiger partial charge in [0.15, 0.2) is 0 Å². The number of rotatable bonds is 4. The van der Waals surface area contributed by atoms with Crippen molar-refractivity contribution in [2.45, 2.75) is 19.9 Å². The number of hydrogen-bond donors (Lipinski definition) is 1. The van der Waals surface area contributed by atoms with Crippen molar-refractivity contribution in [2.75, 3.05) is 12.0 Å². The molecule has 0 radical (unpaired) electrons. The first kappa shape index (κ1) is 13.0. The summed E-state index contributed by atoms with van der Waals surface area (Å²) in [4.78, 5) is 15.5. The molecule has 0 aliphatic heterocycles. The van der Waals surface area contributed by atoms with E-state index in [1.807, 2.05) is 6.92 Å². The molecule has 0 bridgehead atoms. The number of thioether (sulfide) groups is 1. The zero-order chi connectivity index (χ0) is 13.3. The number of hydrogen-bond acceptors (Lipinski definition) is 3. The summed E-state index contributed by atoms with van der Waals surface area (Å²) in [6.07, 6.45) is 2.06. The summed E-state index contributed by atoms with van der Waals surface area (Å²) >= 11 is 1.77. The first-order valence-electron chi connectivity index (χ1n) is 5.75. The second kappa shape index (κ2) is 5.02. The van der Waals surface area contributed by atoms with Gasteiger partial charge in [0.2, 0.25) is 0 Å². The number of fused-ring (bicyclic) bond motifs is 1. The van der Waals surface area contributed by atoms with E-state index in [1.54, 1.807) is 30.0 Å². The molecule has 2 aromatic rings. The Hall–Kier alpha value is -1.49. The van der Waals surface area contributed by atoms with Crippen LogP contribution in [0.2, 0.25) is 0 Å². The second-order valence-corrected chi connectivity index (χ2v) is 5.25. The van der Waals surface area contributed by atoms with E-state index in [1.165, 1.54) is 0 Å². The summed E-state index contributed by atoms with van der Waals surface area (Å²) in [6.45, 7) is 4.08. The van der Waals surface area contributed by atoms with E-state index in [4.69, 9.17) is 5.11 Å². The molecule has 18 heavy (non-hydrogen) atoms. The van der Waals surface area contributed by atoms with Gasteiger partial charge in [-0.25, -0.2) is 9.78 Å². The maximum Gasteiger partial charge on any atom is 0.335 e. The molecule has 0 amide bonds. The predicted molar refractivity (Wildman–Crippen MR) is 74.5 cm³/mol. The molecule has 0 saturated heterocycles. The maximum absolute atomic E-state index is 11.0. The average Bonchev–Trinajstić information content (AvgIpc) is 2.63. The number of carboxylic acids is 1. The summed E-state index contributed by atoms with van der Waals surface area (Å²) in [5, 5.41) is 9.05. The lowest BCUT2D eigenvalue weighted by Gasteiger charge is -2.15. The van der Waals surface area contributed by atoms with Gasteiger partial charge in [-0.2, -0.15) is 11.8 Å². The van der Waals surface area contributed by atoms with Crippen molar-refractivity contribution in [1.82, 2.24) is 9.55 Å². The van der Waals surface area contributed by atoms with Crippen LogP contribution in [0.3, 0.4) is 0 Å². The fourth-order valence-electron chi connectivity index (χ4n) is 2.22. The van der Waals surface area contributed by atoms with Crippen LogP contribution in [0, 0.1) is 6.92 Å².